The largest absolute Gasteiger partial charge is 0.395 e. The first-order chi connectivity index (χ1) is 8.22. The third kappa shape index (κ3) is 5.57. The van der Waals surface area contributed by atoms with Gasteiger partial charge in [0, 0.05) is 23.9 Å². The average Bonchev–Trinajstić information content (AvgIpc) is 2.33. The molecular formula is C10H14N4O3. The summed E-state index contributed by atoms with van der Waals surface area (Å²) >= 11 is 0. The Morgan fingerprint density at radius 2 is 2.47 bits per heavy atom. The van der Waals surface area contributed by atoms with Gasteiger partial charge in [0.25, 0.3) is 6.54 Å². The van der Waals surface area contributed by atoms with Crippen molar-refractivity contribution >= 4 is 5.84 Å². The van der Waals surface area contributed by atoms with Crippen LogP contribution in [0.4, 0.5) is 0 Å². The molecule has 0 saturated heterocycles. The number of aliphatic hydroxyl groups excluding tert-OH is 1. The van der Waals surface area contributed by atoms with Gasteiger partial charge >= 0.3 is 0 Å². The number of hydrogen-bond acceptors (Lipinski definition) is 5. The van der Waals surface area contributed by atoms with Crippen LogP contribution in [0.2, 0.25) is 0 Å². The molecule has 0 amide bonds. The molecule has 0 aliphatic carbocycles. The van der Waals surface area contributed by atoms with E-state index in [2.05, 4.69) is 15.3 Å². The lowest BCUT2D eigenvalue weighted by Gasteiger charge is -2.04. The minimum Gasteiger partial charge on any atom is -0.395 e. The highest BCUT2D eigenvalue weighted by molar-refractivity contribution is 5.83. The Balaban J connectivity index is 2.58. The molecule has 1 rings (SSSR count). The number of nitrogens with one attached hydrogen (secondary N) is 1. The van der Waals surface area contributed by atoms with E-state index in [1.807, 2.05) is 6.07 Å². The molecule has 0 saturated carbocycles. The van der Waals surface area contributed by atoms with Crippen molar-refractivity contribution in [1.29, 1.82) is 0 Å². The van der Waals surface area contributed by atoms with Crippen molar-refractivity contribution in [3.05, 3.63) is 40.2 Å². The SMILES string of the molecule is O=[N+]([O-])CC(=NCc1cccnc1)NCCO. The number of aliphatic imine (C=N–C) groups is 1. The Kier molecular flexibility index (Phi) is 5.59. The number of nitro groups is 1. The fraction of sp³-hybridized carbons (Fsp3) is 0.400. The van der Waals surface area contributed by atoms with Crippen molar-refractivity contribution in [3.63, 3.8) is 0 Å². The average molecular weight is 238 g/mol. The van der Waals surface area contributed by atoms with Crippen LogP contribution in [0.3, 0.4) is 0 Å². The fourth-order valence-corrected chi connectivity index (χ4v) is 1.16. The van der Waals surface area contributed by atoms with Crippen molar-refractivity contribution in [2.24, 2.45) is 4.99 Å². The summed E-state index contributed by atoms with van der Waals surface area (Å²) in [5.41, 5.74) is 0.874. The molecule has 1 aromatic rings. The van der Waals surface area contributed by atoms with Gasteiger partial charge in [-0.15, -0.1) is 0 Å². The van der Waals surface area contributed by atoms with E-state index in [-0.39, 0.29) is 25.5 Å². The van der Waals surface area contributed by atoms with Crippen molar-refractivity contribution in [2.45, 2.75) is 6.54 Å². The zero-order valence-corrected chi connectivity index (χ0v) is 9.24. The molecule has 0 bridgehead atoms. The number of hydrogen-bond donors (Lipinski definition) is 2. The van der Waals surface area contributed by atoms with Crippen molar-refractivity contribution in [1.82, 2.24) is 10.3 Å². The zero-order chi connectivity index (χ0) is 12.5. The molecule has 2 N–H and O–H groups in total. The molecule has 0 atom stereocenters. The van der Waals surface area contributed by atoms with Gasteiger partial charge in [0.05, 0.1) is 13.2 Å². The van der Waals surface area contributed by atoms with Crippen LogP contribution in [0.25, 0.3) is 0 Å². The first-order valence-corrected chi connectivity index (χ1v) is 5.11. The van der Waals surface area contributed by atoms with Gasteiger partial charge in [-0.25, -0.2) is 0 Å². The summed E-state index contributed by atoms with van der Waals surface area (Å²) in [4.78, 5) is 17.9. The summed E-state index contributed by atoms with van der Waals surface area (Å²) in [6, 6.07) is 3.62. The highest BCUT2D eigenvalue weighted by Crippen LogP contribution is 1.97. The minimum atomic E-state index is -0.466. The predicted molar refractivity (Wildman–Crippen MR) is 62.3 cm³/mol. The molecule has 0 aliphatic rings. The number of pyridine rings is 1. The van der Waals surface area contributed by atoms with Gasteiger partial charge in [-0.1, -0.05) is 6.07 Å². The lowest BCUT2D eigenvalue weighted by molar-refractivity contribution is -0.463. The molecule has 7 heteroatoms. The monoisotopic (exact) mass is 238 g/mol. The minimum absolute atomic E-state index is 0.0936. The van der Waals surface area contributed by atoms with E-state index < -0.39 is 4.92 Å². The Morgan fingerprint density at radius 3 is 3.06 bits per heavy atom. The topological polar surface area (TPSA) is 101 Å². The van der Waals surface area contributed by atoms with E-state index >= 15 is 0 Å². The summed E-state index contributed by atoms with van der Waals surface area (Å²) in [5.74, 6) is 0.257. The van der Waals surface area contributed by atoms with E-state index in [0.717, 1.165) is 5.56 Å². The standard InChI is InChI=1S/C10H14N4O3/c15-5-4-12-10(8-14(16)17)13-7-9-2-1-3-11-6-9/h1-3,6,15H,4-5,7-8H2,(H,12,13). The Morgan fingerprint density at radius 1 is 1.65 bits per heavy atom. The van der Waals surface area contributed by atoms with Gasteiger partial charge < -0.3 is 10.4 Å². The summed E-state index contributed by atoms with van der Waals surface area (Å²) in [7, 11) is 0. The van der Waals surface area contributed by atoms with E-state index in [4.69, 9.17) is 5.11 Å². The highest BCUT2D eigenvalue weighted by Gasteiger charge is 2.06. The van der Waals surface area contributed by atoms with Gasteiger partial charge in [0.2, 0.25) is 0 Å². The van der Waals surface area contributed by atoms with Crippen LogP contribution in [0.15, 0.2) is 29.5 Å². The van der Waals surface area contributed by atoms with Crippen LogP contribution in [0.5, 0.6) is 0 Å². The fourth-order valence-electron chi connectivity index (χ4n) is 1.16. The molecule has 1 aromatic heterocycles. The number of amidine groups is 1. The van der Waals surface area contributed by atoms with Crippen molar-refractivity contribution < 1.29 is 10.0 Å². The Hall–Kier alpha value is -2.02. The van der Waals surface area contributed by atoms with Crippen LogP contribution in [-0.4, -0.2) is 40.5 Å². The molecule has 0 aliphatic heterocycles. The zero-order valence-electron chi connectivity index (χ0n) is 9.24. The smallest absolute Gasteiger partial charge is 0.259 e. The molecule has 0 radical (unpaired) electrons. The molecular weight excluding hydrogens is 224 g/mol. The lowest BCUT2D eigenvalue weighted by atomic mass is 10.3. The molecule has 0 spiro atoms. The third-order valence-corrected chi connectivity index (χ3v) is 1.90. The highest BCUT2D eigenvalue weighted by atomic mass is 16.6. The molecule has 0 unspecified atom stereocenters. The quantitative estimate of drug-likeness (QED) is 0.310. The second kappa shape index (κ2) is 7.29. The summed E-state index contributed by atoms with van der Waals surface area (Å²) in [6.07, 6.45) is 3.30. The van der Waals surface area contributed by atoms with Crippen LogP contribution in [0, 0.1) is 10.1 Å². The van der Waals surface area contributed by atoms with E-state index in [1.54, 1.807) is 18.5 Å². The summed E-state index contributed by atoms with van der Waals surface area (Å²) in [5, 5.41) is 21.7. The van der Waals surface area contributed by atoms with Crippen LogP contribution in [-0.2, 0) is 6.54 Å². The Labute approximate surface area is 98.4 Å². The maximum Gasteiger partial charge on any atom is 0.259 e. The van der Waals surface area contributed by atoms with Gasteiger partial charge in [-0.05, 0) is 11.6 Å². The third-order valence-electron chi connectivity index (χ3n) is 1.90. The summed E-state index contributed by atoms with van der Waals surface area (Å²) in [6.45, 7) is 0.110. The maximum atomic E-state index is 10.4. The van der Waals surface area contributed by atoms with E-state index in [9.17, 15) is 10.1 Å². The maximum absolute atomic E-state index is 10.4. The normalized spacial score (nSPS) is 11.2. The molecule has 0 fully saturated rings. The van der Waals surface area contributed by atoms with Gasteiger partial charge in [-0.2, -0.15) is 0 Å². The van der Waals surface area contributed by atoms with E-state index in [0.29, 0.717) is 6.54 Å². The first-order valence-electron chi connectivity index (χ1n) is 5.11. The Bertz CT molecular complexity index is 380. The molecule has 92 valence electrons. The number of aliphatic hydroxyl groups is 1. The van der Waals surface area contributed by atoms with E-state index in [1.165, 1.54) is 0 Å². The first kappa shape index (κ1) is 13.0. The molecule has 7 nitrogen and oxygen atoms in total. The van der Waals surface area contributed by atoms with Crippen LogP contribution in [0.1, 0.15) is 5.56 Å². The van der Waals surface area contributed by atoms with Crippen molar-refractivity contribution in [2.75, 3.05) is 19.7 Å². The van der Waals surface area contributed by atoms with Crippen LogP contribution < -0.4 is 5.32 Å². The van der Waals surface area contributed by atoms with Crippen LogP contribution >= 0.6 is 0 Å². The number of aromatic nitrogens is 1. The molecule has 17 heavy (non-hydrogen) atoms. The van der Waals surface area contributed by atoms with Gasteiger partial charge in [0.15, 0.2) is 5.84 Å². The lowest BCUT2D eigenvalue weighted by Crippen LogP contribution is -2.32. The molecule has 1 heterocycles. The predicted octanol–water partition coefficient (Wildman–Crippen LogP) is -0.161. The molecule has 0 aromatic carbocycles. The number of rotatable bonds is 6. The second-order valence-electron chi connectivity index (χ2n) is 3.27. The summed E-state index contributed by atoms with van der Waals surface area (Å²) < 4.78 is 0. The van der Waals surface area contributed by atoms with Crippen molar-refractivity contribution in [3.8, 4) is 0 Å². The number of nitrogens with zero attached hydrogens (tertiary/aromatic N) is 3. The second-order valence-corrected chi connectivity index (χ2v) is 3.27. The van der Waals surface area contributed by atoms with Gasteiger partial charge in [-0.3, -0.25) is 20.1 Å². The van der Waals surface area contributed by atoms with Gasteiger partial charge in [0.1, 0.15) is 0 Å².